The first-order chi connectivity index (χ1) is 7.09. The Bertz CT molecular complexity index is 211. The molecule has 0 aromatic carbocycles. The lowest BCUT2D eigenvalue weighted by atomic mass is 10.0. The molecule has 0 bridgehead atoms. The van der Waals surface area contributed by atoms with Gasteiger partial charge in [-0.15, -0.1) is 12.4 Å². The topological polar surface area (TPSA) is 32.3 Å². The molecule has 1 aliphatic heterocycles. The van der Waals surface area contributed by atoms with Crippen molar-refractivity contribution < 1.29 is 13.6 Å². The third-order valence-corrected chi connectivity index (χ3v) is 2.77. The highest BCUT2D eigenvalue weighted by Crippen LogP contribution is 2.15. The number of carbonyl (C=O) groups excluding carboxylic acids is 1. The van der Waals surface area contributed by atoms with Crippen LogP contribution < -0.4 is 5.32 Å². The van der Waals surface area contributed by atoms with Gasteiger partial charge in [-0.05, 0) is 31.8 Å². The molecule has 0 aliphatic carbocycles. The molecule has 0 aromatic heterocycles. The molecule has 0 spiro atoms. The fourth-order valence-electron chi connectivity index (χ4n) is 1.79. The number of alkyl halides is 2. The molecule has 96 valence electrons. The number of nitrogens with zero attached hydrogens (tertiary/aromatic N) is 1. The highest BCUT2D eigenvalue weighted by atomic mass is 35.5. The van der Waals surface area contributed by atoms with Crippen molar-refractivity contribution in [3.8, 4) is 0 Å². The maximum atomic E-state index is 12.0. The van der Waals surface area contributed by atoms with Gasteiger partial charge in [0.25, 0.3) is 6.43 Å². The third-order valence-electron chi connectivity index (χ3n) is 2.77. The van der Waals surface area contributed by atoms with Gasteiger partial charge in [0.2, 0.25) is 5.91 Å². The van der Waals surface area contributed by atoms with Crippen LogP contribution in [0, 0.1) is 5.92 Å². The van der Waals surface area contributed by atoms with Crippen molar-refractivity contribution in [2.75, 3.05) is 26.7 Å². The quantitative estimate of drug-likeness (QED) is 0.809. The number of carbonyl (C=O) groups is 1. The minimum atomic E-state index is -2.44. The number of halogens is 3. The molecule has 3 nitrogen and oxygen atoms in total. The molecule has 1 amide bonds. The molecule has 1 rings (SSSR count). The van der Waals surface area contributed by atoms with Gasteiger partial charge in [-0.1, -0.05) is 0 Å². The van der Waals surface area contributed by atoms with Crippen LogP contribution in [0.15, 0.2) is 0 Å². The molecule has 1 fully saturated rings. The Balaban J connectivity index is 0.00000225. The zero-order chi connectivity index (χ0) is 11.3. The predicted octanol–water partition coefficient (Wildman–Crippen LogP) is 1.52. The number of hydrogen-bond donors (Lipinski definition) is 1. The van der Waals surface area contributed by atoms with Crippen molar-refractivity contribution >= 4 is 18.3 Å². The second-order valence-corrected chi connectivity index (χ2v) is 4.06. The van der Waals surface area contributed by atoms with Gasteiger partial charge in [-0.25, -0.2) is 8.78 Å². The first kappa shape index (κ1) is 15.6. The van der Waals surface area contributed by atoms with Crippen LogP contribution in [0.1, 0.15) is 19.3 Å². The summed E-state index contributed by atoms with van der Waals surface area (Å²) in [7, 11) is 1.43. The summed E-state index contributed by atoms with van der Waals surface area (Å²) < 4.78 is 24.0. The summed E-state index contributed by atoms with van der Waals surface area (Å²) in [6.45, 7) is 1.50. The second-order valence-electron chi connectivity index (χ2n) is 4.06. The Morgan fingerprint density at radius 2 is 2.25 bits per heavy atom. The van der Waals surface area contributed by atoms with Crippen LogP contribution >= 0.6 is 12.4 Å². The fraction of sp³-hybridized carbons (Fsp3) is 0.900. The Hall–Kier alpha value is -0.420. The van der Waals surface area contributed by atoms with Gasteiger partial charge in [-0.3, -0.25) is 4.79 Å². The zero-order valence-electron chi connectivity index (χ0n) is 9.42. The molecule has 1 atom stereocenters. The van der Waals surface area contributed by atoms with E-state index >= 15 is 0 Å². The molecule has 16 heavy (non-hydrogen) atoms. The molecule has 0 saturated carbocycles. The van der Waals surface area contributed by atoms with Gasteiger partial charge >= 0.3 is 0 Å². The van der Waals surface area contributed by atoms with Crippen LogP contribution in [-0.4, -0.2) is 43.9 Å². The van der Waals surface area contributed by atoms with Gasteiger partial charge in [0, 0.05) is 13.5 Å². The van der Waals surface area contributed by atoms with Crippen molar-refractivity contribution in [2.24, 2.45) is 5.92 Å². The summed E-state index contributed by atoms with van der Waals surface area (Å²) in [6, 6.07) is 0. The summed E-state index contributed by atoms with van der Waals surface area (Å²) in [6.07, 6.45) is -0.159. The van der Waals surface area contributed by atoms with E-state index in [9.17, 15) is 13.6 Å². The van der Waals surface area contributed by atoms with E-state index in [0.29, 0.717) is 12.3 Å². The van der Waals surface area contributed by atoms with Crippen LogP contribution in [0.25, 0.3) is 0 Å². The molecular formula is C10H19ClF2N2O. The largest absolute Gasteiger partial charge is 0.340 e. The Kier molecular flexibility index (Phi) is 7.58. The number of hydrogen-bond acceptors (Lipinski definition) is 2. The average Bonchev–Trinajstić information content (AvgIpc) is 2.65. The first-order valence-corrected chi connectivity index (χ1v) is 5.32. The predicted molar refractivity (Wildman–Crippen MR) is 61.1 cm³/mol. The molecule has 1 aliphatic rings. The van der Waals surface area contributed by atoms with E-state index in [-0.39, 0.29) is 18.3 Å². The van der Waals surface area contributed by atoms with E-state index in [1.165, 1.54) is 7.05 Å². The molecule has 6 heteroatoms. The van der Waals surface area contributed by atoms with Crippen LogP contribution in [0.2, 0.25) is 0 Å². The van der Waals surface area contributed by atoms with Crippen LogP contribution in [-0.2, 0) is 4.79 Å². The Morgan fingerprint density at radius 1 is 1.56 bits per heavy atom. The standard InChI is InChI=1S/C10H18F2N2O.ClH/c1-14(7-9(11)12)10(15)3-2-8-4-5-13-6-8;/h8-9,13H,2-7H2,1H3;1H. The average molecular weight is 257 g/mol. The van der Waals surface area contributed by atoms with Gasteiger partial charge in [0.05, 0.1) is 6.54 Å². The number of nitrogens with one attached hydrogen (secondary N) is 1. The van der Waals surface area contributed by atoms with E-state index < -0.39 is 13.0 Å². The smallest absolute Gasteiger partial charge is 0.255 e. The van der Waals surface area contributed by atoms with Crippen LogP contribution in [0.5, 0.6) is 0 Å². The summed E-state index contributed by atoms with van der Waals surface area (Å²) in [5.74, 6) is 0.357. The van der Waals surface area contributed by atoms with E-state index in [1.807, 2.05) is 0 Å². The normalized spacial score (nSPS) is 19.6. The summed E-state index contributed by atoms with van der Waals surface area (Å²) in [5.41, 5.74) is 0. The van der Waals surface area contributed by atoms with Crippen molar-refractivity contribution in [3.63, 3.8) is 0 Å². The number of amides is 1. The summed E-state index contributed by atoms with van der Waals surface area (Å²) in [4.78, 5) is 12.5. The van der Waals surface area contributed by atoms with Crippen molar-refractivity contribution in [1.29, 1.82) is 0 Å². The van der Waals surface area contributed by atoms with Crippen LogP contribution in [0.3, 0.4) is 0 Å². The van der Waals surface area contributed by atoms with E-state index in [4.69, 9.17) is 0 Å². The molecule has 1 N–H and O–H groups in total. The lowest BCUT2D eigenvalue weighted by molar-refractivity contribution is -0.131. The maximum Gasteiger partial charge on any atom is 0.255 e. The van der Waals surface area contributed by atoms with Gasteiger partial charge in [0.15, 0.2) is 0 Å². The fourth-order valence-corrected chi connectivity index (χ4v) is 1.79. The lowest BCUT2D eigenvalue weighted by Gasteiger charge is -2.17. The zero-order valence-corrected chi connectivity index (χ0v) is 10.2. The van der Waals surface area contributed by atoms with Gasteiger partial charge in [-0.2, -0.15) is 0 Å². The van der Waals surface area contributed by atoms with Crippen LogP contribution in [0.4, 0.5) is 8.78 Å². The highest BCUT2D eigenvalue weighted by molar-refractivity contribution is 5.85. The molecule has 0 radical (unpaired) electrons. The number of rotatable bonds is 5. The third kappa shape index (κ3) is 5.61. The van der Waals surface area contributed by atoms with Gasteiger partial charge in [0.1, 0.15) is 0 Å². The molecule has 1 unspecified atom stereocenters. The minimum absolute atomic E-state index is 0. The van der Waals surface area contributed by atoms with E-state index in [1.54, 1.807) is 0 Å². The first-order valence-electron chi connectivity index (χ1n) is 5.32. The summed E-state index contributed by atoms with van der Waals surface area (Å²) >= 11 is 0. The lowest BCUT2D eigenvalue weighted by Crippen LogP contribution is -2.31. The SMILES string of the molecule is CN(CC(F)F)C(=O)CCC1CCNC1.Cl. The van der Waals surface area contributed by atoms with Crippen molar-refractivity contribution in [3.05, 3.63) is 0 Å². The summed E-state index contributed by atoms with van der Waals surface area (Å²) in [5, 5.41) is 3.21. The molecule has 0 aromatic rings. The molecule has 1 saturated heterocycles. The monoisotopic (exact) mass is 256 g/mol. The van der Waals surface area contributed by atoms with Gasteiger partial charge < -0.3 is 10.2 Å². The highest BCUT2D eigenvalue weighted by Gasteiger charge is 2.18. The molecular weight excluding hydrogens is 238 g/mol. The Labute approximate surface area is 101 Å². The second kappa shape index (κ2) is 7.79. The maximum absolute atomic E-state index is 12.0. The van der Waals surface area contributed by atoms with Crippen molar-refractivity contribution in [1.82, 2.24) is 10.2 Å². The molecule has 1 heterocycles. The van der Waals surface area contributed by atoms with E-state index in [0.717, 1.165) is 30.8 Å². The van der Waals surface area contributed by atoms with E-state index in [2.05, 4.69) is 5.32 Å². The Morgan fingerprint density at radius 3 is 2.75 bits per heavy atom. The van der Waals surface area contributed by atoms with Crippen molar-refractivity contribution in [2.45, 2.75) is 25.7 Å². The minimum Gasteiger partial charge on any atom is -0.340 e.